The van der Waals surface area contributed by atoms with Crippen molar-refractivity contribution in [1.82, 2.24) is 0 Å². The zero-order valence-electron chi connectivity index (χ0n) is 9.20. The van der Waals surface area contributed by atoms with E-state index in [1.165, 1.54) is 24.0 Å². The topological polar surface area (TPSA) is 29.5 Å². The first-order chi connectivity index (χ1) is 7.29. The molecule has 0 radical (unpaired) electrons. The molecule has 2 nitrogen and oxygen atoms in total. The number of hydrogen-bond acceptors (Lipinski definition) is 2. The van der Waals surface area contributed by atoms with Gasteiger partial charge in [-0.2, -0.15) is 0 Å². The van der Waals surface area contributed by atoms with Crippen LogP contribution >= 0.6 is 0 Å². The second-order valence-electron chi connectivity index (χ2n) is 4.26. The van der Waals surface area contributed by atoms with Crippen LogP contribution in [0.3, 0.4) is 0 Å². The standard InChI is InChI=1S/C13H18O2/c1-10-4-7-13(15-12-5-6-12)11(9-10)3-2-8-14/h4,7,9,12,14H,2-3,5-6,8H2,1H3. The summed E-state index contributed by atoms with van der Waals surface area (Å²) in [7, 11) is 0. The van der Waals surface area contributed by atoms with Gasteiger partial charge in [0, 0.05) is 6.61 Å². The molecule has 0 saturated heterocycles. The van der Waals surface area contributed by atoms with Gasteiger partial charge in [0.1, 0.15) is 5.75 Å². The average molecular weight is 206 g/mol. The number of hydrogen-bond donors (Lipinski definition) is 1. The number of aryl methyl sites for hydroxylation is 2. The third kappa shape index (κ3) is 2.96. The molecule has 0 aliphatic heterocycles. The number of benzene rings is 1. The van der Waals surface area contributed by atoms with E-state index in [2.05, 4.69) is 25.1 Å². The fourth-order valence-corrected chi connectivity index (χ4v) is 1.65. The summed E-state index contributed by atoms with van der Waals surface area (Å²) in [6.45, 7) is 2.33. The zero-order chi connectivity index (χ0) is 10.7. The van der Waals surface area contributed by atoms with Crippen molar-refractivity contribution in [2.45, 2.75) is 38.7 Å². The molecule has 1 saturated carbocycles. The van der Waals surface area contributed by atoms with E-state index in [0.717, 1.165) is 18.6 Å². The number of ether oxygens (including phenoxy) is 1. The van der Waals surface area contributed by atoms with E-state index in [0.29, 0.717) is 6.10 Å². The quantitative estimate of drug-likeness (QED) is 0.802. The number of aliphatic hydroxyl groups is 1. The fraction of sp³-hybridized carbons (Fsp3) is 0.538. The molecule has 0 bridgehead atoms. The van der Waals surface area contributed by atoms with Crippen LogP contribution < -0.4 is 4.74 Å². The molecule has 2 heteroatoms. The van der Waals surface area contributed by atoms with Crippen molar-refractivity contribution in [3.05, 3.63) is 29.3 Å². The first-order valence-electron chi connectivity index (χ1n) is 5.66. The van der Waals surface area contributed by atoms with Crippen molar-refractivity contribution in [3.63, 3.8) is 0 Å². The van der Waals surface area contributed by atoms with E-state index in [1.807, 2.05) is 0 Å². The van der Waals surface area contributed by atoms with Gasteiger partial charge in [0.05, 0.1) is 6.10 Å². The molecule has 1 fully saturated rings. The normalized spacial score (nSPS) is 15.3. The maximum Gasteiger partial charge on any atom is 0.122 e. The minimum Gasteiger partial charge on any atom is -0.490 e. The Labute approximate surface area is 90.9 Å². The lowest BCUT2D eigenvalue weighted by molar-refractivity contribution is 0.282. The molecule has 1 aliphatic rings. The van der Waals surface area contributed by atoms with Crippen LogP contribution in [0.5, 0.6) is 5.75 Å². The van der Waals surface area contributed by atoms with Crippen LogP contribution in [0.2, 0.25) is 0 Å². The SMILES string of the molecule is Cc1ccc(OC2CC2)c(CCCO)c1. The van der Waals surface area contributed by atoms with Gasteiger partial charge in [0.2, 0.25) is 0 Å². The highest BCUT2D eigenvalue weighted by Crippen LogP contribution is 2.30. The van der Waals surface area contributed by atoms with Crippen molar-refractivity contribution < 1.29 is 9.84 Å². The first-order valence-corrected chi connectivity index (χ1v) is 5.66. The maximum atomic E-state index is 8.84. The van der Waals surface area contributed by atoms with Crippen LogP contribution in [-0.4, -0.2) is 17.8 Å². The summed E-state index contributed by atoms with van der Waals surface area (Å²) >= 11 is 0. The van der Waals surface area contributed by atoms with Gasteiger partial charge in [-0.05, 0) is 44.2 Å². The molecule has 0 unspecified atom stereocenters. The highest BCUT2D eigenvalue weighted by Gasteiger charge is 2.24. The molecule has 2 rings (SSSR count). The molecular weight excluding hydrogens is 188 g/mol. The minimum absolute atomic E-state index is 0.247. The van der Waals surface area contributed by atoms with Crippen molar-refractivity contribution >= 4 is 0 Å². The molecule has 1 aromatic rings. The van der Waals surface area contributed by atoms with E-state index < -0.39 is 0 Å². The third-order valence-electron chi connectivity index (χ3n) is 2.64. The van der Waals surface area contributed by atoms with E-state index in [1.54, 1.807) is 0 Å². The molecule has 15 heavy (non-hydrogen) atoms. The summed E-state index contributed by atoms with van der Waals surface area (Å²) in [5, 5.41) is 8.84. The lowest BCUT2D eigenvalue weighted by Gasteiger charge is -2.11. The van der Waals surface area contributed by atoms with Gasteiger partial charge in [0.15, 0.2) is 0 Å². The Morgan fingerprint density at radius 1 is 1.40 bits per heavy atom. The molecule has 0 amide bonds. The van der Waals surface area contributed by atoms with Crippen LogP contribution in [0.1, 0.15) is 30.4 Å². The Kier molecular flexibility index (Phi) is 3.27. The maximum absolute atomic E-state index is 8.84. The lowest BCUT2D eigenvalue weighted by atomic mass is 10.1. The molecule has 0 heterocycles. The number of aliphatic hydroxyl groups excluding tert-OH is 1. The average Bonchev–Trinajstić information content (AvgIpc) is 3.02. The molecule has 82 valence electrons. The molecule has 1 aliphatic carbocycles. The van der Waals surface area contributed by atoms with E-state index in [9.17, 15) is 0 Å². The van der Waals surface area contributed by atoms with Crippen LogP contribution in [0.4, 0.5) is 0 Å². The largest absolute Gasteiger partial charge is 0.490 e. The van der Waals surface area contributed by atoms with Crippen LogP contribution in [0, 0.1) is 6.92 Å². The molecular formula is C13H18O2. The smallest absolute Gasteiger partial charge is 0.122 e. The van der Waals surface area contributed by atoms with Gasteiger partial charge >= 0.3 is 0 Å². The van der Waals surface area contributed by atoms with Crippen molar-refractivity contribution in [1.29, 1.82) is 0 Å². The summed E-state index contributed by atoms with van der Waals surface area (Å²) in [5.41, 5.74) is 2.49. The highest BCUT2D eigenvalue weighted by atomic mass is 16.5. The van der Waals surface area contributed by atoms with Crippen LogP contribution in [-0.2, 0) is 6.42 Å². The predicted octanol–water partition coefficient (Wildman–Crippen LogP) is 2.46. The van der Waals surface area contributed by atoms with Crippen molar-refractivity contribution in [2.24, 2.45) is 0 Å². The van der Waals surface area contributed by atoms with Gasteiger partial charge in [-0.15, -0.1) is 0 Å². The fourth-order valence-electron chi connectivity index (χ4n) is 1.65. The predicted molar refractivity (Wildman–Crippen MR) is 60.2 cm³/mol. The van der Waals surface area contributed by atoms with Gasteiger partial charge in [0.25, 0.3) is 0 Å². The number of rotatable bonds is 5. The van der Waals surface area contributed by atoms with E-state index >= 15 is 0 Å². The van der Waals surface area contributed by atoms with Crippen LogP contribution in [0.15, 0.2) is 18.2 Å². The van der Waals surface area contributed by atoms with E-state index in [-0.39, 0.29) is 6.61 Å². The molecule has 1 aromatic carbocycles. The second-order valence-corrected chi connectivity index (χ2v) is 4.26. The summed E-state index contributed by atoms with van der Waals surface area (Å²) in [5.74, 6) is 1.01. The summed E-state index contributed by atoms with van der Waals surface area (Å²) in [4.78, 5) is 0. The highest BCUT2D eigenvalue weighted by molar-refractivity contribution is 5.37. The second kappa shape index (κ2) is 4.67. The Morgan fingerprint density at radius 3 is 2.87 bits per heavy atom. The van der Waals surface area contributed by atoms with Crippen LogP contribution in [0.25, 0.3) is 0 Å². The van der Waals surface area contributed by atoms with Crippen molar-refractivity contribution in [2.75, 3.05) is 6.61 Å². The molecule has 0 spiro atoms. The lowest BCUT2D eigenvalue weighted by Crippen LogP contribution is -2.01. The summed E-state index contributed by atoms with van der Waals surface area (Å²) < 4.78 is 5.83. The van der Waals surface area contributed by atoms with Gasteiger partial charge in [-0.25, -0.2) is 0 Å². The van der Waals surface area contributed by atoms with Crippen molar-refractivity contribution in [3.8, 4) is 5.75 Å². The summed E-state index contributed by atoms with van der Waals surface area (Å²) in [6.07, 6.45) is 4.53. The Bertz CT molecular complexity index is 329. The molecule has 0 aromatic heterocycles. The monoisotopic (exact) mass is 206 g/mol. The van der Waals surface area contributed by atoms with Gasteiger partial charge < -0.3 is 9.84 Å². The zero-order valence-corrected chi connectivity index (χ0v) is 9.20. The van der Waals surface area contributed by atoms with Gasteiger partial charge in [-0.3, -0.25) is 0 Å². The molecule has 0 atom stereocenters. The van der Waals surface area contributed by atoms with E-state index in [4.69, 9.17) is 9.84 Å². The summed E-state index contributed by atoms with van der Waals surface area (Å²) in [6, 6.07) is 6.30. The minimum atomic E-state index is 0.247. The first kappa shape index (κ1) is 10.5. The Balaban J connectivity index is 2.10. The third-order valence-corrected chi connectivity index (χ3v) is 2.64. The Hall–Kier alpha value is -1.02. The van der Waals surface area contributed by atoms with Gasteiger partial charge in [-0.1, -0.05) is 17.7 Å². The molecule has 1 N–H and O–H groups in total. The Morgan fingerprint density at radius 2 is 2.20 bits per heavy atom.